The highest BCUT2D eigenvalue weighted by Crippen LogP contribution is 2.33. The Morgan fingerprint density at radius 1 is 1.36 bits per heavy atom. The number of hydrogen-bond donors (Lipinski definition) is 1. The maximum absolute atomic E-state index is 10.7. The molecule has 2 fully saturated rings. The fourth-order valence-corrected chi connectivity index (χ4v) is 4.18. The topological polar surface area (TPSA) is 61.2 Å². The first-order valence-corrected chi connectivity index (χ1v) is 9.35. The van der Waals surface area contributed by atoms with Crippen LogP contribution in [0.25, 0.3) is 0 Å². The number of aliphatic hydroxyl groups excluding tert-OH is 1. The van der Waals surface area contributed by atoms with Crippen LogP contribution in [-0.4, -0.2) is 64.3 Å². The molecule has 2 aliphatic rings. The summed E-state index contributed by atoms with van der Waals surface area (Å²) in [4.78, 5) is 13.3. The molecular weight excluding hydrogens is 336 g/mol. The lowest BCUT2D eigenvalue weighted by Crippen LogP contribution is -2.58. The molecule has 3 heterocycles. The monoisotopic (exact) mass is 358 g/mol. The number of likely N-dealkylation sites (N-methyl/N-ethyl adjacent to an activating group) is 1. The lowest BCUT2D eigenvalue weighted by Gasteiger charge is -2.41. The fraction of sp³-hybridized carbons (Fsp3) is 0.444. The average molecular weight is 358 g/mol. The SMILES string of the molecule is CN1C[C@@]2(CN(Cc3nccs3)CC[C@@H]2O)OC1=Nc1ccccc1. The average Bonchev–Trinajstić information content (AvgIpc) is 3.21. The van der Waals surface area contributed by atoms with Gasteiger partial charge in [0.15, 0.2) is 5.60 Å². The standard InChI is InChI=1S/C18H22N4O2S/c1-21-12-18(24-17(21)20-14-5-3-2-4-6-14)13-22(9-7-15(18)23)11-16-19-8-10-25-16/h2-6,8,10,15,23H,7,9,11-13H2,1H3/t15-,18-/m0/s1. The predicted octanol–water partition coefficient (Wildman–Crippen LogP) is 2.10. The summed E-state index contributed by atoms with van der Waals surface area (Å²) in [5.41, 5.74) is 0.226. The summed E-state index contributed by atoms with van der Waals surface area (Å²) >= 11 is 1.66. The largest absolute Gasteiger partial charge is 0.452 e. The summed E-state index contributed by atoms with van der Waals surface area (Å²) in [6.45, 7) is 2.95. The molecule has 2 aromatic rings. The summed E-state index contributed by atoms with van der Waals surface area (Å²) in [7, 11) is 1.96. The van der Waals surface area contributed by atoms with E-state index in [0.29, 0.717) is 25.5 Å². The van der Waals surface area contributed by atoms with E-state index in [1.165, 1.54) is 0 Å². The molecule has 1 N–H and O–H groups in total. The number of aromatic nitrogens is 1. The number of amidine groups is 1. The summed E-state index contributed by atoms with van der Waals surface area (Å²) < 4.78 is 6.24. The van der Waals surface area contributed by atoms with E-state index in [-0.39, 0.29) is 0 Å². The summed E-state index contributed by atoms with van der Waals surface area (Å²) in [5, 5.41) is 13.7. The second-order valence-electron chi connectivity index (χ2n) is 6.69. The number of para-hydroxylation sites is 1. The molecule has 0 radical (unpaired) electrons. The molecule has 6 nitrogen and oxygen atoms in total. The number of aliphatic imine (C=N–C) groups is 1. The van der Waals surface area contributed by atoms with Gasteiger partial charge >= 0.3 is 0 Å². The normalized spacial score (nSPS) is 28.6. The Morgan fingerprint density at radius 2 is 2.20 bits per heavy atom. The number of thiazole rings is 1. The van der Waals surface area contributed by atoms with Gasteiger partial charge in [-0.15, -0.1) is 11.3 Å². The third kappa shape index (κ3) is 3.40. The predicted molar refractivity (Wildman–Crippen MR) is 98.0 cm³/mol. The Morgan fingerprint density at radius 3 is 2.96 bits per heavy atom. The number of likely N-dealkylation sites (tertiary alicyclic amines) is 1. The lowest BCUT2D eigenvalue weighted by atomic mass is 9.89. The minimum atomic E-state index is -0.627. The Kier molecular flexibility index (Phi) is 4.45. The first kappa shape index (κ1) is 16.5. The Hall–Kier alpha value is -1.96. The van der Waals surface area contributed by atoms with Gasteiger partial charge in [0.05, 0.1) is 24.9 Å². The van der Waals surface area contributed by atoms with Crippen LogP contribution in [-0.2, 0) is 11.3 Å². The number of ether oxygens (including phenoxy) is 1. The lowest BCUT2D eigenvalue weighted by molar-refractivity contribution is -0.0951. The zero-order valence-electron chi connectivity index (χ0n) is 14.2. The third-order valence-electron chi connectivity index (χ3n) is 4.77. The van der Waals surface area contributed by atoms with Gasteiger partial charge in [-0.1, -0.05) is 18.2 Å². The van der Waals surface area contributed by atoms with Crippen molar-refractivity contribution in [2.75, 3.05) is 26.7 Å². The highest BCUT2D eigenvalue weighted by atomic mass is 32.1. The van der Waals surface area contributed by atoms with Crippen LogP contribution in [0, 0.1) is 0 Å². The van der Waals surface area contributed by atoms with Crippen LogP contribution >= 0.6 is 11.3 Å². The zero-order chi connectivity index (χ0) is 17.3. The molecule has 1 spiro atoms. The van der Waals surface area contributed by atoms with E-state index in [2.05, 4.69) is 14.9 Å². The molecule has 0 aliphatic carbocycles. The van der Waals surface area contributed by atoms with Gasteiger partial charge in [-0.25, -0.2) is 4.98 Å². The summed E-state index contributed by atoms with van der Waals surface area (Å²) in [6.07, 6.45) is 2.03. The first-order valence-electron chi connectivity index (χ1n) is 8.47. The van der Waals surface area contributed by atoms with Gasteiger partial charge in [0.25, 0.3) is 6.02 Å². The van der Waals surface area contributed by atoms with Gasteiger partial charge in [0.1, 0.15) is 5.01 Å². The Balaban J connectivity index is 1.52. The van der Waals surface area contributed by atoms with E-state index in [4.69, 9.17) is 4.74 Å². The molecule has 0 unspecified atom stereocenters. The van der Waals surface area contributed by atoms with Crippen LogP contribution in [0.15, 0.2) is 46.9 Å². The van der Waals surface area contributed by atoms with Crippen molar-refractivity contribution in [2.45, 2.75) is 24.7 Å². The van der Waals surface area contributed by atoms with Gasteiger partial charge < -0.3 is 14.7 Å². The van der Waals surface area contributed by atoms with Crippen molar-refractivity contribution in [3.63, 3.8) is 0 Å². The molecule has 2 aliphatic heterocycles. The van der Waals surface area contributed by atoms with Crippen molar-refractivity contribution in [3.05, 3.63) is 46.9 Å². The van der Waals surface area contributed by atoms with E-state index in [1.807, 2.05) is 53.9 Å². The van der Waals surface area contributed by atoms with E-state index in [1.54, 1.807) is 11.3 Å². The molecule has 2 saturated heterocycles. The van der Waals surface area contributed by atoms with Gasteiger partial charge in [0, 0.05) is 31.7 Å². The van der Waals surface area contributed by atoms with Crippen molar-refractivity contribution >= 4 is 23.0 Å². The number of aliphatic hydroxyl groups is 1. The summed E-state index contributed by atoms with van der Waals surface area (Å²) in [6, 6.07) is 10.3. The van der Waals surface area contributed by atoms with Crippen LogP contribution in [0.4, 0.5) is 5.69 Å². The van der Waals surface area contributed by atoms with Gasteiger partial charge in [-0.05, 0) is 18.6 Å². The van der Waals surface area contributed by atoms with Crippen molar-refractivity contribution in [1.29, 1.82) is 0 Å². The molecule has 25 heavy (non-hydrogen) atoms. The fourth-order valence-electron chi connectivity index (χ4n) is 3.53. The molecule has 132 valence electrons. The smallest absolute Gasteiger partial charge is 0.293 e. The molecule has 1 aromatic heterocycles. The first-order chi connectivity index (χ1) is 12.1. The van der Waals surface area contributed by atoms with E-state index >= 15 is 0 Å². The highest BCUT2D eigenvalue weighted by Gasteiger charge is 2.51. The van der Waals surface area contributed by atoms with Crippen LogP contribution in [0.2, 0.25) is 0 Å². The highest BCUT2D eigenvalue weighted by molar-refractivity contribution is 7.09. The van der Waals surface area contributed by atoms with E-state index < -0.39 is 11.7 Å². The van der Waals surface area contributed by atoms with Crippen LogP contribution < -0.4 is 0 Å². The number of benzene rings is 1. The minimum absolute atomic E-state index is 0.494. The van der Waals surface area contributed by atoms with Gasteiger partial charge in [-0.3, -0.25) is 4.90 Å². The Labute approximate surface area is 151 Å². The summed E-state index contributed by atoms with van der Waals surface area (Å²) in [5.74, 6) is 0. The van der Waals surface area contributed by atoms with Crippen LogP contribution in [0.5, 0.6) is 0 Å². The molecule has 2 atom stereocenters. The van der Waals surface area contributed by atoms with Crippen molar-refractivity contribution in [1.82, 2.24) is 14.8 Å². The molecule has 7 heteroatoms. The van der Waals surface area contributed by atoms with Crippen LogP contribution in [0.1, 0.15) is 11.4 Å². The minimum Gasteiger partial charge on any atom is -0.452 e. The number of piperidine rings is 1. The van der Waals surface area contributed by atoms with E-state index in [0.717, 1.165) is 23.8 Å². The zero-order valence-corrected chi connectivity index (χ0v) is 15.0. The quantitative estimate of drug-likeness (QED) is 0.910. The molecule has 1 aromatic carbocycles. The van der Waals surface area contributed by atoms with Crippen molar-refractivity contribution in [2.24, 2.45) is 4.99 Å². The maximum Gasteiger partial charge on any atom is 0.293 e. The number of nitrogens with zero attached hydrogens (tertiary/aromatic N) is 4. The van der Waals surface area contributed by atoms with E-state index in [9.17, 15) is 5.11 Å². The third-order valence-corrected chi connectivity index (χ3v) is 5.53. The van der Waals surface area contributed by atoms with Gasteiger partial charge in [0.2, 0.25) is 0 Å². The molecule has 4 rings (SSSR count). The molecule has 0 amide bonds. The number of hydrogen-bond acceptors (Lipinski definition) is 6. The molecule has 0 saturated carbocycles. The molecular formula is C18H22N4O2S. The van der Waals surface area contributed by atoms with Crippen molar-refractivity contribution in [3.8, 4) is 0 Å². The maximum atomic E-state index is 10.7. The van der Waals surface area contributed by atoms with Gasteiger partial charge in [-0.2, -0.15) is 4.99 Å². The Bertz CT molecular complexity index is 737. The second kappa shape index (κ2) is 6.74. The van der Waals surface area contributed by atoms with Crippen LogP contribution in [0.3, 0.4) is 0 Å². The molecule has 0 bridgehead atoms. The van der Waals surface area contributed by atoms with Crippen molar-refractivity contribution < 1.29 is 9.84 Å². The number of rotatable bonds is 3. The second-order valence-corrected chi connectivity index (χ2v) is 7.67.